The Kier molecular flexibility index (Phi) is 2.74. The van der Waals surface area contributed by atoms with E-state index in [9.17, 15) is 0 Å². The van der Waals surface area contributed by atoms with E-state index in [4.69, 9.17) is 0 Å². The van der Waals surface area contributed by atoms with Crippen LogP contribution in [0.1, 0.15) is 62.8 Å². The van der Waals surface area contributed by atoms with Gasteiger partial charge in [0.25, 0.3) is 0 Å². The van der Waals surface area contributed by atoms with Crippen molar-refractivity contribution in [1.29, 1.82) is 0 Å². The molecule has 4 aliphatic rings. The van der Waals surface area contributed by atoms with Gasteiger partial charge < -0.3 is 5.32 Å². The van der Waals surface area contributed by atoms with E-state index in [2.05, 4.69) is 37.5 Å². The van der Waals surface area contributed by atoms with Crippen molar-refractivity contribution in [3.63, 3.8) is 0 Å². The molecular formula is C18H27NS. The Morgan fingerprint density at radius 3 is 2.40 bits per heavy atom. The molecule has 4 aliphatic carbocycles. The maximum Gasteiger partial charge on any atom is 0.0307 e. The van der Waals surface area contributed by atoms with Gasteiger partial charge in [0.05, 0.1) is 0 Å². The van der Waals surface area contributed by atoms with Gasteiger partial charge in [-0.1, -0.05) is 13.8 Å². The van der Waals surface area contributed by atoms with Crippen molar-refractivity contribution in [3.05, 3.63) is 21.9 Å². The average Bonchev–Trinajstić information content (AvgIpc) is 2.67. The van der Waals surface area contributed by atoms with Gasteiger partial charge in [-0.2, -0.15) is 0 Å². The average molecular weight is 289 g/mol. The first-order valence-corrected chi connectivity index (χ1v) is 9.06. The minimum Gasteiger partial charge on any atom is -0.306 e. The Labute approximate surface area is 127 Å². The summed E-state index contributed by atoms with van der Waals surface area (Å²) >= 11 is 1.91. The largest absolute Gasteiger partial charge is 0.306 e. The Balaban J connectivity index is 1.56. The van der Waals surface area contributed by atoms with E-state index in [1.54, 1.807) is 0 Å². The van der Waals surface area contributed by atoms with E-state index in [0.717, 1.165) is 12.5 Å². The Morgan fingerprint density at radius 1 is 1.15 bits per heavy atom. The molecule has 4 saturated carbocycles. The van der Waals surface area contributed by atoms with Gasteiger partial charge in [0.15, 0.2) is 0 Å². The summed E-state index contributed by atoms with van der Waals surface area (Å²) in [5.41, 5.74) is 3.14. The number of aryl methyl sites for hydroxylation is 1. The van der Waals surface area contributed by atoms with Crippen LogP contribution in [0.5, 0.6) is 0 Å². The van der Waals surface area contributed by atoms with Crippen LogP contribution in [0.4, 0.5) is 0 Å². The Bertz CT molecular complexity index is 513. The molecule has 5 rings (SSSR count). The number of hydrogen-bond acceptors (Lipinski definition) is 2. The second kappa shape index (κ2) is 4.10. The van der Waals surface area contributed by atoms with Crippen LogP contribution in [0.2, 0.25) is 0 Å². The van der Waals surface area contributed by atoms with Crippen LogP contribution in [0.25, 0.3) is 0 Å². The summed E-state index contributed by atoms with van der Waals surface area (Å²) in [6.45, 7) is 8.45. The van der Waals surface area contributed by atoms with Crippen molar-refractivity contribution < 1.29 is 0 Å². The molecule has 1 N–H and O–H groups in total. The van der Waals surface area contributed by atoms with E-state index in [0.29, 0.717) is 16.4 Å². The molecule has 4 bridgehead atoms. The summed E-state index contributed by atoms with van der Waals surface area (Å²) in [6, 6.07) is 2.25. The van der Waals surface area contributed by atoms with Crippen LogP contribution in [-0.2, 0) is 6.54 Å². The first kappa shape index (κ1) is 13.3. The number of rotatable bonds is 3. The van der Waals surface area contributed by atoms with Gasteiger partial charge in [0.2, 0.25) is 0 Å². The molecule has 0 radical (unpaired) electrons. The van der Waals surface area contributed by atoms with E-state index < -0.39 is 0 Å². The highest BCUT2D eigenvalue weighted by molar-refractivity contribution is 7.10. The molecule has 2 heteroatoms. The molecule has 2 unspecified atom stereocenters. The van der Waals surface area contributed by atoms with Crippen LogP contribution in [-0.4, -0.2) is 5.54 Å². The predicted octanol–water partition coefficient (Wildman–Crippen LogP) is 4.90. The zero-order valence-electron chi connectivity index (χ0n) is 13.1. The second-order valence-electron chi connectivity index (χ2n) is 8.79. The monoisotopic (exact) mass is 289 g/mol. The zero-order valence-corrected chi connectivity index (χ0v) is 13.9. The Hall–Kier alpha value is -0.340. The smallest absolute Gasteiger partial charge is 0.0307 e. The molecule has 110 valence electrons. The first-order valence-electron chi connectivity index (χ1n) is 8.18. The molecular weight excluding hydrogens is 262 g/mol. The molecule has 1 aromatic heterocycles. The lowest BCUT2D eigenvalue weighted by Gasteiger charge is -2.65. The third-order valence-electron chi connectivity index (χ3n) is 6.22. The maximum atomic E-state index is 4.03. The lowest BCUT2D eigenvalue weighted by molar-refractivity contribution is -0.118. The van der Waals surface area contributed by atoms with Gasteiger partial charge in [0.1, 0.15) is 0 Å². The van der Waals surface area contributed by atoms with Gasteiger partial charge in [-0.3, -0.25) is 0 Å². The van der Waals surface area contributed by atoms with Gasteiger partial charge in [-0.05, 0) is 79.2 Å². The molecule has 0 spiro atoms. The van der Waals surface area contributed by atoms with Crippen LogP contribution in [0, 0.1) is 23.7 Å². The molecule has 1 aromatic rings. The standard InChI is InChI=1S/C18H27NS/c1-13-4-5-20-15(13)9-19-18-8-14-6-16(2,11-18)10-17(3,7-14)12-18/h4-5,14,19H,6-12H2,1-3H3. The summed E-state index contributed by atoms with van der Waals surface area (Å²) in [5.74, 6) is 0.984. The van der Waals surface area contributed by atoms with E-state index in [-0.39, 0.29) is 0 Å². The highest BCUT2D eigenvalue weighted by Crippen LogP contribution is 2.66. The minimum absolute atomic E-state index is 0.444. The van der Waals surface area contributed by atoms with Gasteiger partial charge in [-0.25, -0.2) is 0 Å². The van der Waals surface area contributed by atoms with Crippen molar-refractivity contribution in [2.75, 3.05) is 0 Å². The fourth-order valence-electron chi connectivity index (χ4n) is 6.50. The third kappa shape index (κ3) is 2.07. The molecule has 0 aromatic carbocycles. The van der Waals surface area contributed by atoms with Gasteiger partial charge in [0, 0.05) is 17.0 Å². The first-order chi connectivity index (χ1) is 9.40. The Morgan fingerprint density at radius 2 is 1.85 bits per heavy atom. The topological polar surface area (TPSA) is 12.0 Å². The predicted molar refractivity (Wildman–Crippen MR) is 86.0 cm³/mol. The minimum atomic E-state index is 0.444. The summed E-state index contributed by atoms with van der Waals surface area (Å²) < 4.78 is 0. The highest BCUT2D eigenvalue weighted by Gasteiger charge is 2.59. The number of hydrogen-bond donors (Lipinski definition) is 1. The molecule has 1 nitrogen and oxygen atoms in total. The van der Waals surface area contributed by atoms with Crippen LogP contribution in [0.3, 0.4) is 0 Å². The normalized spacial score (nSPS) is 46.0. The lowest BCUT2D eigenvalue weighted by Crippen LogP contribution is -2.63. The molecule has 0 saturated heterocycles. The van der Waals surface area contributed by atoms with Crippen molar-refractivity contribution in [1.82, 2.24) is 5.32 Å². The fraction of sp³-hybridized carbons (Fsp3) is 0.778. The molecule has 20 heavy (non-hydrogen) atoms. The lowest BCUT2D eigenvalue weighted by atomic mass is 9.43. The van der Waals surface area contributed by atoms with Crippen molar-refractivity contribution >= 4 is 11.3 Å². The van der Waals surface area contributed by atoms with Crippen molar-refractivity contribution in [2.24, 2.45) is 16.7 Å². The maximum absolute atomic E-state index is 4.03. The van der Waals surface area contributed by atoms with E-state index in [1.807, 2.05) is 11.3 Å². The summed E-state index contributed by atoms with van der Waals surface area (Å²) in [7, 11) is 0. The summed E-state index contributed by atoms with van der Waals surface area (Å²) in [5, 5.41) is 6.26. The van der Waals surface area contributed by atoms with Crippen LogP contribution in [0.15, 0.2) is 11.4 Å². The van der Waals surface area contributed by atoms with E-state index >= 15 is 0 Å². The highest BCUT2D eigenvalue weighted by atomic mass is 32.1. The fourth-order valence-corrected chi connectivity index (χ4v) is 7.34. The number of thiophene rings is 1. The number of nitrogens with one attached hydrogen (secondary N) is 1. The molecule has 2 atom stereocenters. The molecule has 4 fully saturated rings. The van der Waals surface area contributed by atoms with Crippen molar-refractivity contribution in [2.45, 2.75) is 71.4 Å². The van der Waals surface area contributed by atoms with Gasteiger partial charge >= 0.3 is 0 Å². The second-order valence-corrected chi connectivity index (χ2v) is 9.79. The molecule has 0 aliphatic heterocycles. The van der Waals surface area contributed by atoms with Crippen LogP contribution >= 0.6 is 11.3 Å². The SMILES string of the molecule is Cc1ccsc1CNC12CC3CC(C)(CC(C)(C3)C1)C2. The third-order valence-corrected chi connectivity index (χ3v) is 7.24. The van der Waals surface area contributed by atoms with E-state index in [1.165, 1.54) is 49.0 Å². The van der Waals surface area contributed by atoms with Crippen LogP contribution < -0.4 is 5.32 Å². The summed E-state index contributed by atoms with van der Waals surface area (Å²) in [4.78, 5) is 1.54. The molecule has 0 amide bonds. The van der Waals surface area contributed by atoms with Gasteiger partial charge in [-0.15, -0.1) is 11.3 Å². The summed E-state index contributed by atoms with van der Waals surface area (Å²) in [6.07, 6.45) is 8.71. The van der Waals surface area contributed by atoms with Crippen molar-refractivity contribution in [3.8, 4) is 0 Å². The zero-order chi connectivity index (χ0) is 14.0. The molecule has 1 heterocycles. The quantitative estimate of drug-likeness (QED) is 0.835.